The Hall–Kier alpha value is -3.46. The fourth-order valence-electron chi connectivity index (χ4n) is 3.18. The van der Waals surface area contributed by atoms with Crippen LogP contribution in [0.25, 0.3) is 10.8 Å². The molecule has 0 spiro atoms. The van der Waals surface area contributed by atoms with Crippen molar-refractivity contribution in [2.45, 2.75) is 51.5 Å². The minimum atomic E-state index is -1.46. The number of rotatable bonds is 7. The zero-order chi connectivity index (χ0) is 22.6. The summed E-state index contributed by atoms with van der Waals surface area (Å²) < 4.78 is 6.59. The third kappa shape index (κ3) is 6.02. The zero-order valence-electron chi connectivity index (χ0n) is 17.8. The van der Waals surface area contributed by atoms with Crippen LogP contribution in [0.4, 0.5) is 4.79 Å². The van der Waals surface area contributed by atoms with Gasteiger partial charge in [0.1, 0.15) is 11.3 Å². The van der Waals surface area contributed by atoms with E-state index in [1.54, 1.807) is 27.0 Å². The highest BCUT2D eigenvalue weighted by molar-refractivity contribution is 5.83. The number of carbonyl (C=O) groups excluding carboxylic acids is 2. The van der Waals surface area contributed by atoms with Crippen molar-refractivity contribution in [1.82, 2.24) is 20.3 Å². The van der Waals surface area contributed by atoms with Crippen molar-refractivity contribution in [2.75, 3.05) is 0 Å². The third-order valence-electron chi connectivity index (χ3n) is 4.62. The number of nitrogens with two attached hydrogens (primary N) is 1. The molecular weight excluding hydrogens is 398 g/mol. The monoisotopic (exact) mass is 425 g/mol. The zero-order valence-corrected chi connectivity index (χ0v) is 17.8. The van der Waals surface area contributed by atoms with E-state index in [2.05, 4.69) is 15.6 Å². The van der Waals surface area contributed by atoms with Gasteiger partial charge in [0.05, 0.1) is 18.8 Å². The molecule has 0 saturated heterocycles. The Labute approximate surface area is 180 Å². The van der Waals surface area contributed by atoms with Crippen LogP contribution in [0.3, 0.4) is 0 Å². The van der Waals surface area contributed by atoms with E-state index in [0.29, 0.717) is 12.1 Å². The molecule has 0 bridgehead atoms. The summed E-state index contributed by atoms with van der Waals surface area (Å²) in [5.41, 5.74) is 6.11. The lowest BCUT2D eigenvalue weighted by molar-refractivity contribution is -0.128. The molecule has 3 rings (SSSR count). The normalized spacial score (nSPS) is 13.5. The number of hydrogen-bond acceptors (Lipinski definition) is 6. The number of fused-ring (bicyclic) bond motifs is 1. The standard InChI is InChI=1S/C22H27N5O4/c1-22(2,3)31-21(30)24-12-17-13-27(26-25-17)18(19(28)20(23)29)11-14-8-9-15-6-4-5-7-16(15)10-14/h4-10,13,18-19,28H,11-12H2,1-3H3,(H2,23,29)(H,24,30)/t18-,19-/m1/s1. The molecule has 9 heteroatoms. The number of benzene rings is 2. The summed E-state index contributed by atoms with van der Waals surface area (Å²) in [7, 11) is 0. The van der Waals surface area contributed by atoms with Gasteiger partial charge in [0.2, 0.25) is 5.91 Å². The van der Waals surface area contributed by atoms with E-state index in [9.17, 15) is 14.7 Å². The van der Waals surface area contributed by atoms with Crippen molar-refractivity contribution in [3.05, 3.63) is 59.9 Å². The SMILES string of the molecule is CC(C)(C)OC(=O)NCc1cn([C@H](Cc2ccc3ccccc3c2)[C@@H](O)C(N)=O)nn1. The summed E-state index contributed by atoms with van der Waals surface area (Å²) in [5.74, 6) is -0.852. The van der Waals surface area contributed by atoms with Gasteiger partial charge in [-0.2, -0.15) is 0 Å². The maximum atomic E-state index is 11.8. The number of carbonyl (C=O) groups is 2. The molecular formula is C22H27N5O4. The van der Waals surface area contributed by atoms with Crippen LogP contribution < -0.4 is 11.1 Å². The van der Waals surface area contributed by atoms with Crippen molar-refractivity contribution >= 4 is 22.8 Å². The Morgan fingerprint density at radius 2 is 1.90 bits per heavy atom. The smallest absolute Gasteiger partial charge is 0.407 e. The highest BCUT2D eigenvalue weighted by Gasteiger charge is 2.27. The summed E-state index contributed by atoms with van der Waals surface area (Å²) in [6, 6.07) is 13.1. The summed E-state index contributed by atoms with van der Waals surface area (Å²) >= 11 is 0. The van der Waals surface area contributed by atoms with E-state index < -0.39 is 29.7 Å². The number of nitrogens with one attached hydrogen (secondary N) is 1. The number of aromatic nitrogens is 3. The van der Waals surface area contributed by atoms with Gasteiger partial charge in [0.15, 0.2) is 6.10 Å². The first-order valence-corrected chi connectivity index (χ1v) is 9.95. The average molecular weight is 425 g/mol. The maximum absolute atomic E-state index is 11.8. The number of amides is 2. The molecule has 164 valence electrons. The van der Waals surface area contributed by atoms with Crippen LogP contribution >= 0.6 is 0 Å². The molecule has 0 saturated carbocycles. The molecule has 0 unspecified atom stereocenters. The third-order valence-corrected chi connectivity index (χ3v) is 4.62. The van der Waals surface area contributed by atoms with E-state index in [0.717, 1.165) is 16.3 Å². The Bertz CT molecular complexity index is 1070. The second-order valence-corrected chi connectivity index (χ2v) is 8.35. The van der Waals surface area contributed by atoms with Gasteiger partial charge in [0, 0.05) is 0 Å². The highest BCUT2D eigenvalue weighted by atomic mass is 16.6. The van der Waals surface area contributed by atoms with Crippen LogP contribution in [0.1, 0.15) is 38.1 Å². The Kier molecular flexibility index (Phi) is 6.55. The molecule has 2 atom stereocenters. The Morgan fingerprint density at radius 1 is 1.19 bits per heavy atom. The van der Waals surface area contributed by atoms with E-state index in [-0.39, 0.29) is 6.54 Å². The van der Waals surface area contributed by atoms with Crippen LogP contribution in [0.15, 0.2) is 48.7 Å². The van der Waals surface area contributed by atoms with Gasteiger partial charge in [-0.1, -0.05) is 47.7 Å². The van der Waals surface area contributed by atoms with Gasteiger partial charge >= 0.3 is 6.09 Å². The Balaban J connectivity index is 1.76. The fraction of sp³-hybridized carbons (Fsp3) is 0.364. The molecule has 0 aliphatic carbocycles. The van der Waals surface area contributed by atoms with Crippen molar-refractivity contribution in [3.63, 3.8) is 0 Å². The molecule has 3 aromatic rings. The van der Waals surface area contributed by atoms with Gasteiger partial charge < -0.3 is 20.9 Å². The molecule has 4 N–H and O–H groups in total. The summed E-state index contributed by atoms with van der Waals surface area (Å²) in [6.45, 7) is 5.40. The van der Waals surface area contributed by atoms with Crippen LogP contribution in [0.5, 0.6) is 0 Å². The predicted octanol–water partition coefficient (Wildman–Crippen LogP) is 2.09. The fourth-order valence-corrected chi connectivity index (χ4v) is 3.18. The molecule has 9 nitrogen and oxygen atoms in total. The van der Waals surface area contributed by atoms with E-state index in [4.69, 9.17) is 10.5 Å². The molecule has 1 heterocycles. The first-order chi connectivity index (χ1) is 14.6. The lowest BCUT2D eigenvalue weighted by atomic mass is 9.98. The van der Waals surface area contributed by atoms with Crippen LogP contribution in [-0.2, 0) is 22.5 Å². The first-order valence-electron chi connectivity index (χ1n) is 9.95. The molecule has 2 amide bonds. The lowest BCUT2D eigenvalue weighted by Gasteiger charge is -2.21. The first kappa shape index (κ1) is 22.2. The number of ether oxygens (including phenoxy) is 1. The second kappa shape index (κ2) is 9.13. The number of alkyl carbamates (subject to hydrolysis) is 1. The van der Waals surface area contributed by atoms with Crippen molar-refractivity contribution in [3.8, 4) is 0 Å². The van der Waals surface area contributed by atoms with Gasteiger partial charge in [-0.3, -0.25) is 4.79 Å². The quantitative estimate of drug-likeness (QED) is 0.531. The van der Waals surface area contributed by atoms with E-state index in [1.807, 2.05) is 42.5 Å². The summed E-state index contributed by atoms with van der Waals surface area (Å²) in [6.07, 6.45) is -0.154. The van der Waals surface area contributed by atoms with E-state index in [1.165, 1.54) is 4.68 Å². The van der Waals surface area contributed by atoms with Gasteiger partial charge in [-0.15, -0.1) is 5.10 Å². The van der Waals surface area contributed by atoms with Crippen molar-refractivity contribution < 1.29 is 19.4 Å². The summed E-state index contributed by atoms with van der Waals surface area (Å²) in [4.78, 5) is 23.5. The maximum Gasteiger partial charge on any atom is 0.407 e. The van der Waals surface area contributed by atoms with Gasteiger partial charge in [-0.25, -0.2) is 9.48 Å². The number of aliphatic hydroxyl groups is 1. The molecule has 0 fully saturated rings. The van der Waals surface area contributed by atoms with Crippen molar-refractivity contribution in [2.24, 2.45) is 5.73 Å². The predicted molar refractivity (Wildman–Crippen MR) is 115 cm³/mol. The second-order valence-electron chi connectivity index (χ2n) is 8.35. The number of nitrogens with zero attached hydrogens (tertiary/aromatic N) is 3. The van der Waals surface area contributed by atoms with Crippen LogP contribution in [0.2, 0.25) is 0 Å². The molecule has 2 aromatic carbocycles. The molecule has 1 aromatic heterocycles. The molecule has 0 radical (unpaired) electrons. The summed E-state index contributed by atoms with van der Waals surface area (Å²) in [5, 5.41) is 23.2. The number of hydrogen-bond donors (Lipinski definition) is 3. The van der Waals surface area contributed by atoms with Crippen molar-refractivity contribution in [1.29, 1.82) is 0 Å². The minimum absolute atomic E-state index is 0.0876. The largest absolute Gasteiger partial charge is 0.444 e. The van der Waals surface area contributed by atoms with E-state index >= 15 is 0 Å². The molecule has 0 aliphatic heterocycles. The number of aliphatic hydroxyl groups excluding tert-OH is 1. The Morgan fingerprint density at radius 3 is 2.58 bits per heavy atom. The van der Waals surface area contributed by atoms with Gasteiger partial charge in [-0.05, 0) is 43.5 Å². The molecule has 31 heavy (non-hydrogen) atoms. The number of primary amides is 1. The van der Waals surface area contributed by atoms with Crippen LogP contribution in [0, 0.1) is 0 Å². The topological polar surface area (TPSA) is 132 Å². The van der Waals surface area contributed by atoms with Crippen LogP contribution in [-0.4, -0.2) is 43.8 Å². The average Bonchev–Trinajstić information content (AvgIpc) is 3.17. The minimum Gasteiger partial charge on any atom is -0.444 e. The lowest BCUT2D eigenvalue weighted by Crippen LogP contribution is -2.38. The highest BCUT2D eigenvalue weighted by Crippen LogP contribution is 2.22. The molecule has 0 aliphatic rings. The van der Waals surface area contributed by atoms with Gasteiger partial charge in [0.25, 0.3) is 0 Å².